The fourth-order valence-corrected chi connectivity index (χ4v) is 2.53. The molecule has 27 heavy (non-hydrogen) atoms. The van der Waals surface area contributed by atoms with Crippen LogP contribution in [0.4, 0.5) is 10.1 Å². The van der Waals surface area contributed by atoms with Crippen LogP contribution in [-0.2, 0) is 6.54 Å². The minimum atomic E-state index is -0.589. The molecule has 0 atom stereocenters. The SMILES string of the molecule is Cc1cccc(CNC(=O)c2cccc(C(=O)Nc3ccccc3F)n2)c1. The Morgan fingerprint density at radius 1 is 0.926 bits per heavy atom. The Bertz CT molecular complexity index is 988. The van der Waals surface area contributed by atoms with Gasteiger partial charge in [-0.05, 0) is 36.8 Å². The molecule has 0 fully saturated rings. The predicted octanol–water partition coefficient (Wildman–Crippen LogP) is 3.71. The Balaban J connectivity index is 1.68. The number of aryl methyl sites for hydroxylation is 1. The smallest absolute Gasteiger partial charge is 0.274 e. The van der Waals surface area contributed by atoms with Gasteiger partial charge in [0.25, 0.3) is 11.8 Å². The third kappa shape index (κ3) is 4.76. The number of hydrogen-bond acceptors (Lipinski definition) is 3. The Labute approximate surface area is 156 Å². The van der Waals surface area contributed by atoms with E-state index in [9.17, 15) is 14.0 Å². The molecule has 0 radical (unpaired) electrons. The maximum atomic E-state index is 13.7. The number of rotatable bonds is 5. The van der Waals surface area contributed by atoms with Crippen LogP contribution < -0.4 is 10.6 Å². The van der Waals surface area contributed by atoms with Gasteiger partial charge in [0.05, 0.1) is 5.69 Å². The highest BCUT2D eigenvalue weighted by molar-refractivity contribution is 6.03. The van der Waals surface area contributed by atoms with Gasteiger partial charge in [-0.25, -0.2) is 9.37 Å². The van der Waals surface area contributed by atoms with E-state index in [0.29, 0.717) is 6.54 Å². The lowest BCUT2D eigenvalue weighted by Crippen LogP contribution is -2.25. The molecule has 1 aromatic heterocycles. The molecule has 0 saturated carbocycles. The summed E-state index contributed by atoms with van der Waals surface area (Å²) < 4.78 is 13.7. The molecular weight excluding hydrogens is 345 g/mol. The molecule has 136 valence electrons. The lowest BCUT2D eigenvalue weighted by molar-refractivity contribution is 0.0945. The maximum Gasteiger partial charge on any atom is 0.274 e. The first-order valence-corrected chi connectivity index (χ1v) is 8.39. The highest BCUT2D eigenvalue weighted by Gasteiger charge is 2.13. The van der Waals surface area contributed by atoms with Crippen LogP contribution in [0.25, 0.3) is 0 Å². The van der Waals surface area contributed by atoms with Gasteiger partial charge in [-0.15, -0.1) is 0 Å². The fourth-order valence-electron chi connectivity index (χ4n) is 2.53. The zero-order valence-corrected chi connectivity index (χ0v) is 14.7. The van der Waals surface area contributed by atoms with Crippen molar-refractivity contribution in [2.45, 2.75) is 13.5 Å². The Morgan fingerprint density at radius 2 is 1.63 bits per heavy atom. The number of nitrogens with zero attached hydrogens (tertiary/aromatic N) is 1. The predicted molar refractivity (Wildman–Crippen MR) is 101 cm³/mol. The monoisotopic (exact) mass is 363 g/mol. The van der Waals surface area contributed by atoms with Crippen LogP contribution in [0.5, 0.6) is 0 Å². The Kier molecular flexibility index (Phi) is 5.56. The average molecular weight is 363 g/mol. The topological polar surface area (TPSA) is 71.1 Å². The van der Waals surface area contributed by atoms with E-state index in [2.05, 4.69) is 15.6 Å². The van der Waals surface area contributed by atoms with E-state index in [1.165, 1.54) is 30.3 Å². The number of para-hydroxylation sites is 1. The first-order valence-electron chi connectivity index (χ1n) is 8.39. The highest BCUT2D eigenvalue weighted by atomic mass is 19.1. The van der Waals surface area contributed by atoms with Crippen molar-refractivity contribution in [3.63, 3.8) is 0 Å². The first kappa shape index (κ1) is 18.3. The second kappa shape index (κ2) is 8.23. The van der Waals surface area contributed by atoms with Crippen LogP contribution >= 0.6 is 0 Å². The van der Waals surface area contributed by atoms with Crippen molar-refractivity contribution in [2.75, 3.05) is 5.32 Å². The average Bonchev–Trinajstić information content (AvgIpc) is 2.68. The van der Waals surface area contributed by atoms with Gasteiger partial charge in [0, 0.05) is 6.54 Å². The second-order valence-electron chi connectivity index (χ2n) is 6.01. The van der Waals surface area contributed by atoms with Crippen LogP contribution in [0, 0.1) is 12.7 Å². The number of halogens is 1. The minimum Gasteiger partial charge on any atom is -0.347 e. The lowest BCUT2D eigenvalue weighted by Gasteiger charge is -2.08. The molecule has 5 nitrogen and oxygen atoms in total. The summed E-state index contributed by atoms with van der Waals surface area (Å²) in [6, 6.07) is 18.2. The zero-order chi connectivity index (χ0) is 19.2. The van der Waals surface area contributed by atoms with Gasteiger partial charge in [0.2, 0.25) is 0 Å². The fraction of sp³-hybridized carbons (Fsp3) is 0.0952. The third-order valence-corrected chi connectivity index (χ3v) is 3.87. The standard InChI is InChI=1S/C21H18FN3O2/c1-14-6-4-7-15(12-14)13-23-20(26)18-10-5-11-19(24-18)21(27)25-17-9-3-2-8-16(17)22/h2-12H,13H2,1H3,(H,23,26)(H,25,27). The summed E-state index contributed by atoms with van der Waals surface area (Å²) >= 11 is 0. The molecule has 0 aliphatic carbocycles. The molecular formula is C21H18FN3O2. The number of aromatic nitrogens is 1. The van der Waals surface area contributed by atoms with Gasteiger partial charge in [-0.2, -0.15) is 0 Å². The van der Waals surface area contributed by atoms with E-state index in [4.69, 9.17) is 0 Å². The van der Waals surface area contributed by atoms with Gasteiger partial charge >= 0.3 is 0 Å². The van der Waals surface area contributed by atoms with Crippen molar-refractivity contribution in [1.29, 1.82) is 0 Å². The molecule has 0 spiro atoms. The van der Waals surface area contributed by atoms with Gasteiger partial charge in [-0.3, -0.25) is 9.59 Å². The van der Waals surface area contributed by atoms with Crippen LogP contribution in [-0.4, -0.2) is 16.8 Å². The quantitative estimate of drug-likeness (QED) is 0.726. The first-order chi connectivity index (χ1) is 13.0. The van der Waals surface area contributed by atoms with Crippen molar-refractivity contribution in [2.24, 2.45) is 0 Å². The molecule has 0 unspecified atom stereocenters. The summed E-state index contributed by atoms with van der Waals surface area (Å²) in [5.41, 5.74) is 2.27. The molecule has 2 N–H and O–H groups in total. The number of carbonyl (C=O) groups excluding carboxylic acids is 2. The summed E-state index contributed by atoms with van der Waals surface area (Å²) in [4.78, 5) is 28.7. The molecule has 0 aliphatic rings. The molecule has 1 heterocycles. The number of pyridine rings is 1. The van der Waals surface area contributed by atoms with Crippen LogP contribution in [0.15, 0.2) is 66.7 Å². The normalized spacial score (nSPS) is 10.3. The van der Waals surface area contributed by atoms with Crippen LogP contribution in [0.2, 0.25) is 0 Å². The molecule has 0 aliphatic heterocycles. The van der Waals surface area contributed by atoms with Crippen molar-refractivity contribution in [3.8, 4) is 0 Å². The molecule has 0 bridgehead atoms. The summed E-state index contributed by atoms with van der Waals surface area (Å²) in [6.45, 7) is 2.33. The van der Waals surface area contributed by atoms with Gasteiger partial charge < -0.3 is 10.6 Å². The number of anilines is 1. The van der Waals surface area contributed by atoms with Crippen molar-refractivity contribution in [3.05, 3.63) is 95.1 Å². The number of nitrogens with one attached hydrogen (secondary N) is 2. The lowest BCUT2D eigenvalue weighted by atomic mass is 10.1. The summed E-state index contributed by atoms with van der Waals surface area (Å²) in [6.07, 6.45) is 0. The molecule has 6 heteroatoms. The largest absolute Gasteiger partial charge is 0.347 e. The van der Waals surface area contributed by atoms with Gasteiger partial charge in [-0.1, -0.05) is 48.0 Å². The molecule has 0 saturated heterocycles. The number of amides is 2. The molecule has 3 aromatic rings. The van der Waals surface area contributed by atoms with E-state index in [1.807, 2.05) is 31.2 Å². The van der Waals surface area contributed by atoms with E-state index < -0.39 is 17.6 Å². The number of hydrogen-bond donors (Lipinski definition) is 2. The second-order valence-corrected chi connectivity index (χ2v) is 6.01. The number of benzene rings is 2. The van der Waals surface area contributed by atoms with Gasteiger partial charge in [0.15, 0.2) is 0 Å². The van der Waals surface area contributed by atoms with E-state index >= 15 is 0 Å². The van der Waals surface area contributed by atoms with E-state index in [1.54, 1.807) is 12.1 Å². The van der Waals surface area contributed by atoms with Crippen molar-refractivity contribution >= 4 is 17.5 Å². The van der Waals surface area contributed by atoms with E-state index in [0.717, 1.165) is 11.1 Å². The summed E-state index contributed by atoms with van der Waals surface area (Å²) in [5.74, 6) is -1.52. The Morgan fingerprint density at radius 3 is 2.37 bits per heavy atom. The minimum absolute atomic E-state index is 0.0291. The van der Waals surface area contributed by atoms with Crippen LogP contribution in [0.1, 0.15) is 32.1 Å². The van der Waals surface area contributed by atoms with Crippen molar-refractivity contribution < 1.29 is 14.0 Å². The molecule has 2 amide bonds. The summed E-state index contributed by atoms with van der Waals surface area (Å²) in [7, 11) is 0. The highest BCUT2D eigenvalue weighted by Crippen LogP contribution is 2.13. The van der Waals surface area contributed by atoms with Crippen molar-refractivity contribution in [1.82, 2.24) is 10.3 Å². The van der Waals surface area contributed by atoms with Gasteiger partial charge in [0.1, 0.15) is 17.2 Å². The van der Waals surface area contributed by atoms with Crippen LogP contribution in [0.3, 0.4) is 0 Å². The number of carbonyl (C=O) groups is 2. The zero-order valence-electron chi connectivity index (χ0n) is 14.7. The van der Waals surface area contributed by atoms with E-state index in [-0.39, 0.29) is 17.1 Å². The molecule has 2 aromatic carbocycles. The Hall–Kier alpha value is -3.54. The third-order valence-electron chi connectivity index (χ3n) is 3.87. The summed E-state index contributed by atoms with van der Waals surface area (Å²) in [5, 5.41) is 5.22. The molecule has 3 rings (SSSR count). The maximum absolute atomic E-state index is 13.7.